The van der Waals surface area contributed by atoms with E-state index >= 15 is 0 Å². The van der Waals surface area contributed by atoms with Crippen molar-refractivity contribution in [2.45, 2.75) is 32.1 Å². The molecule has 0 unspecified atom stereocenters. The van der Waals surface area contributed by atoms with E-state index in [1.54, 1.807) is 6.20 Å². The molecule has 2 rings (SSSR count). The maximum atomic E-state index is 11.6. The average molecular weight is 217 g/mol. The van der Waals surface area contributed by atoms with Crippen molar-refractivity contribution in [3.63, 3.8) is 0 Å². The Labute approximate surface area is 94.9 Å². The van der Waals surface area contributed by atoms with Crippen LogP contribution in [0, 0.1) is 5.92 Å². The fourth-order valence-corrected chi connectivity index (χ4v) is 2.30. The molecule has 3 heteroatoms. The Kier molecular flexibility index (Phi) is 3.13. The Bertz CT molecular complexity index is 400. The van der Waals surface area contributed by atoms with Gasteiger partial charge in [0.1, 0.15) is 11.6 Å². The topological polar surface area (TPSA) is 47.0 Å². The predicted molar refractivity (Wildman–Crippen MR) is 60.0 cm³/mol. The number of rotatable bonds is 2. The largest absolute Gasteiger partial charge is 0.299 e. The monoisotopic (exact) mass is 217 g/mol. The van der Waals surface area contributed by atoms with Crippen LogP contribution in [0.3, 0.4) is 0 Å². The molecule has 84 valence electrons. The van der Waals surface area contributed by atoms with Gasteiger partial charge in [-0.05, 0) is 31.9 Å². The summed E-state index contributed by atoms with van der Waals surface area (Å²) in [5.41, 5.74) is 1.00. The lowest BCUT2D eigenvalue weighted by molar-refractivity contribution is -0.133. The quantitative estimate of drug-likeness (QED) is 0.713. The molecule has 1 aliphatic carbocycles. The first-order chi connectivity index (χ1) is 7.68. The van der Waals surface area contributed by atoms with Crippen molar-refractivity contribution in [2.75, 3.05) is 0 Å². The van der Waals surface area contributed by atoms with Crippen LogP contribution >= 0.6 is 0 Å². The van der Waals surface area contributed by atoms with Crippen LogP contribution in [0.2, 0.25) is 0 Å². The van der Waals surface area contributed by atoms with Gasteiger partial charge in [0.25, 0.3) is 0 Å². The summed E-state index contributed by atoms with van der Waals surface area (Å²) < 4.78 is 0. The molecule has 1 aromatic heterocycles. The van der Waals surface area contributed by atoms with Gasteiger partial charge in [-0.25, -0.2) is 0 Å². The van der Waals surface area contributed by atoms with Gasteiger partial charge < -0.3 is 0 Å². The summed E-state index contributed by atoms with van der Waals surface area (Å²) in [5, 5.41) is 0. The number of pyridine rings is 1. The minimum Gasteiger partial charge on any atom is -0.299 e. The molecule has 1 heterocycles. The Balaban J connectivity index is 2.15. The highest BCUT2D eigenvalue weighted by Gasteiger charge is 2.32. The van der Waals surface area contributed by atoms with Crippen molar-refractivity contribution in [3.8, 4) is 0 Å². The van der Waals surface area contributed by atoms with Crippen LogP contribution in [0.15, 0.2) is 24.4 Å². The van der Waals surface area contributed by atoms with Gasteiger partial charge in [-0.3, -0.25) is 14.6 Å². The summed E-state index contributed by atoms with van der Waals surface area (Å²) in [6.07, 6.45) is 3.71. The number of carbonyl (C=O) groups excluding carboxylic acids is 2. The zero-order valence-electron chi connectivity index (χ0n) is 9.35. The van der Waals surface area contributed by atoms with E-state index in [1.165, 1.54) is 6.92 Å². The maximum absolute atomic E-state index is 11.6. The number of carbonyl (C=O) groups is 2. The Morgan fingerprint density at radius 3 is 2.88 bits per heavy atom. The summed E-state index contributed by atoms with van der Waals surface area (Å²) in [6, 6.07) is 5.79. The van der Waals surface area contributed by atoms with Crippen LogP contribution in [0.5, 0.6) is 0 Å². The molecule has 0 spiro atoms. The number of Topliss-reactive ketones (excluding diaryl/α,β-unsaturated/α-hetero) is 2. The minimum atomic E-state index is -0.402. The minimum absolute atomic E-state index is 0.00867. The predicted octanol–water partition coefficient (Wildman–Crippen LogP) is 2.12. The highest BCUT2D eigenvalue weighted by atomic mass is 16.1. The lowest BCUT2D eigenvalue weighted by atomic mass is 9.77. The van der Waals surface area contributed by atoms with Crippen LogP contribution in [0.4, 0.5) is 0 Å². The van der Waals surface area contributed by atoms with Crippen molar-refractivity contribution in [2.24, 2.45) is 5.92 Å². The third-order valence-electron chi connectivity index (χ3n) is 3.24. The first-order valence-electron chi connectivity index (χ1n) is 5.62. The highest BCUT2D eigenvalue weighted by Crippen LogP contribution is 2.33. The van der Waals surface area contributed by atoms with Gasteiger partial charge in [0.15, 0.2) is 0 Å². The van der Waals surface area contributed by atoms with Crippen LogP contribution in [0.25, 0.3) is 0 Å². The number of hydrogen-bond donors (Lipinski definition) is 0. The molecule has 0 amide bonds. The number of aromatic nitrogens is 1. The fraction of sp³-hybridized carbons (Fsp3) is 0.462. The molecule has 0 N–H and O–H groups in total. The zero-order valence-corrected chi connectivity index (χ0v) is 9.35. The average Bonchev–Trinajstić information content (AvgIpc) is 2.30. The smallest absolute Gasteiger partial charge is 0.143 e. The van der Waals surface area contributed by atoms with E-state index in [-0.39, 0.29) is 17.5 Å². The third kappa shape index (κ3) is 2.18. The van der Waals surface area contributed by atoms with Crippen LogP contribution in [-0.4, -0.2) is 16.6 Å². The molecule has 1 fully saturated rings. The second-order valence-electron chi connectivity index (χ2n) is 4.36. The van der Waals surface area contributed by atoms with Crippen LogP contribution < -0.4 is 0 Å². The van der Waals surface area contributed by atoms with Gasteiger partial charge in [-0.1, -0.05) is 6.07 Å². The van der Waals surface area contributed by atoms with E-state index in [4.69, 9.17) is 0 Å². The van der Waals surface area contributed by atoms with Crippen molar-refractivity contribution < 1.29 is 9.59 Å². The lowest BCUT2D eigenvalue weighted by Gasteiger charge is -2.26. The molecule has 2 atom stereocenters. The second-order valence-corrected chi connectivity index (χ2v) is 4.36. The van der Waals surface area contributed by atoms with Crippen molar-refractivity contribution in [1.29, 1.82) is 0 Å². The summed E-state index contributed by atoms with van der Waals surface area (Å²) in [6.45, 7) is 1.50. The molecule has 0 radical (unpaired) electrons. The standard InChI is InChI=1S/C13H15NO2/c1-9(15)11-8-10(5-6-13(11)16)12-4-2-3-7-14-12/h2-4,7,10-11H,5-6,8H2,1H3/t10-,11+/m1/s1. The van der Waals surface area contributed by atoms with Gasteiger partial charge in [0.2, 0.25) is 0 Å². The van der Waals surface area contributed by atoms with Crippen LogP contribution in [0.1, 0.15) is 37.8 Å². The first kappa shape index (κ1) is 11.0. The van der Waals surface area contributed by atoms with E-state index in [2.05, 4.69) is 4.98 Å². The Morgan fingerprint density at radius 1 is 1.44 bits per heavy atom. The molecule has 0 aromatic carbocycles. The maximum Gasteiger partial charge on any atom is 0.143 e. The van der Waals surface area contributed by atoms with Crippen molar-refractivity contribution in [1.82, 2.24) is 4.98 Å². The molecule has 1 saturated carbocycles. The van der Waals surface area contributed by atoms with Crippen molar-refractivity contribution in [3.05, 3.63) is 30.1 Å². The Morgan fingerprint density at radius 2 is 2.25 bits per heavy atom. The molecule has 16 heavy (non-hydrogen) atoms. The molecule has 1 aromatic rings. The third-order valence-corrected chi connectivity index (χ3v) is 3.24. The van der Waals surface area contributed by atoms with Crippen molar-refractivity contribution >= 4 is 11.6 Å². The summed E-state index contributed by atoms with van der Waals surface area (Å²) in [7, 11) is 0. The van der Waals surface area contributed by atoms with Gasteiger partial charge in [-0.2, -0.15) is 0 Å². The Hall–Kier alpha value is -1.51. The molecule has 0 aliphatic heterocycles. The van der Waals surface area contributed by atoms with E-state index < -0.39 is 5.92 Å². The van der Waals surface area contributed by atoms with E-state index in [0.29, 0.717) is 12.8 Å². The first-order valence-corrected chi connectivity index (χ1v) is 5.62. The van der Waals surface area contributed by atoms with Crippen LogP contribution in [-0.2, 0) is 9.59 Å². The SMILES string of the molecule is CC(=O)[C@@H]1C[C@H](c2ccccn2)CCC1=O. The highest BCUT2D eigenvalue weighted by molar-refractivity contribution is 6.01. The summed E-state index contributed by atoms with van der Waals surface area (Å²) in [4.78, 5) is 27.2. The van der Waals surface area contributed by atoms with E-state index in [1.807, 2.05) is 18.2 Å². The molecular weight excluding hydrogens is 202 g/mol. The number of ketones is 2. The lowest BCUT2D eigenvalue weighted by Crippen LogP contribution is -2.29. The summed E-state index contributed by atoms with van der Waals surface area (Å²) >= 11 is 0. The zero-order chi connectivity index (χ0) is 11.5. The molecule has 3 nitrogen and oxygen atoms in total. The van der Waals surface area contributed by atoms with Gasteiger partial charge in [0, 0.05) is 24.2 Å². The summed E-state index contributed by atoms with van der Waals surface area (Å²) in [5.74, 6) is -0.0566. The normalized spacial score (nSPS) is 25.4. The molecule has 1 aliphatic rings. The van der Waals surface area contributed by atoms with Gasteiger partial charge >= 0.3 is 0 Å². The molecule has 0 bridgehead atoms. The van der Waals surface area contributed by atoms with Gasteiger partial charge in [0.05, 0.1) is 5.92 Å². The van der Waals surface area contributed by atoms with E-state index in [0.717, 1.165) is 12.1 Å². The second kappa shape index (κ2) is 4.56. The van der Waals surface area contributed by atoms with Gasteiger partial charge in [-0.15, -0.1) is 0 Å². The number of nitrogens with zero attached hydrogens (tertiary/aromatic N) is 1. The van der Waals surface area contributed by atoms with E-state index in [9.17, 15) is 9.59 Å². The fourth-order valence-electron chi connectivity index (χ4n) is 2.30. The molecular formula is C13H15NO2. The molecule has 0 saturated heterocycles. The number of hydrogen-bond acceptors (Lipinski definition) is 3.